The van der Waals surface area contributed by atoms with E-state index in [2.05, 4.69) is 20.9 Å². The number of nitrogens with one attached hydrogen (secondary N) is 2. The van der Waals surface area contributed by atoms with E-state index >= 15 is 0 Å². The van der Waals surface area contributed by atoms with Gasteiger partial charge in [0.25, 0.3) is 17.4 Å². The first-order valence-corrected chi connectivity index (χ1v) is 7.39. The summed E-state index contributed by atoms with van der Waals surface area (Å²) in [6.07, 6.45) is 2.69. The molecule has 10 heteroatoms. The molecule has 0 bridgehead atoms. The van der Waals surface area contributed by atoms with Gasteiger partial charge in [-0.1, -0.05) is 0 Å². The number of hydrazine groups is 1. The molecule has 0 aliphatic heterocycles. The van der Waals surface area contributed by atoms with Crippen molar-refractivity contribution in [3.05, 3.63) is 76.5 Å². The number of aromatic nitrogens is 4. The van der Waals surface area contributed by atoms with E-state index in [1.807, 2.05) is 0 Å². The van der Waals surface area contributed by atoms with Crippen molar-refractivity contribution in [2.45, 2.75) is 0 Å². The Morgan fingerprint density at radius 3 is 2.42 bits per heavy atom. The Kier molecular flexibility index (Phi) is 4.56. The number of hydrogen-bond donors (Lipinski definition) is 2. The molecule has 2 aromatic heterocycles. The number of imidazole rings is 1. The Hall–Kier alpha value is -3.82. The van der Waals surface area contributed by atoms with Gasteiger partial charge in [0.2, 0.25) is 0 Å². The highest BCUT2D eigenvalue weighted by atomic mass is 19.1. The average Bonchev–Trinajstić information content (AvgIpc) is 3.12. The Labute approximate surface area is 146 Å². The highest BCUT2D eigenvalue weighted by molar-refractivity contribution is 5.97. The van der Waals surface area contributed by atoms with E-state index in [1.54, 1.807) is 0 Å². The van der Waals surface area contributed by atoms with Crippen molar-refractivity contribution >= 4 is 11.8 Å². The quantitative estimate of drug-likeness (QED) is 0.651. The number of carbonyl (C=O) groups excluding carboxylic acids is 2. The minimum Gasteiger partial charge on any atom is -0.295 e. The molecule has 0 aliphatic rings. The molecule has 3 rings (SSSR count). The monoisotopic (exact) mass is 356 g/mol. The molecule has 132 valence electrons. The third kappa shape index (κ3) is 3.48. The fourth-order valence-electron chi connectivity index (χ4n) is 2.14. The zero-order chi connectivity index (χ0) is 18.7. The Morgan fingerprint density at radius 2 is 1.73 bits per heavy atom. The molecule has 2 amide bonds. The van der Waals surface area contributed by atoms with Crippen molar-refractivity contribution in [2.75, 3.05) is 0 Å². The minimum atomic E-state index is -0.693. The summed E-state index contributed by atoms with van der Waals surface area (Å²) < 4.78 is 15.5. The molecule has 2 heterocycles. The predicted molar refractivity (Wildman–Crippen MR) is 87.9 cm³/mol. The van der Waals surface area contributed by atoms with Gasteiger partial charge in [0.05, 0.1) is 12.5 Å². The summed E-state index contributed by atoms with van der Waals surface area (Å²) in [5.74, 6) is -1.73. The third-order valence-electron chi connectivity index (χ3n) is 3.46. The molecule has 2 N–H and O–H groups in total. The molecular weight excluding hydrogens is 343 g/mol. The summed E-state index contributed by atoms with van der Waals surface area (Å²) in [7, 11) is 1.40. The van der Waals surface area contributed by atoms with Crippen molar-refractivity contribution in [2.24, 2.45) is 7.05 Å². The van der Waals surface area contributed by atoms with Crippen LogP contribution < -0.4 is 16.4 Å². The lowest BCUT2D eigenvalue weighted by molar-refractivity contribution is 0.0839. The Balaban J connectivity index is 1.72. The van der Waals surface area contributed by atoms with Crippen LogP contribution in [0.4, 0.5) is 4.39 Å². The summed E-state index contributed by atoms with van der Waals surface area (Å²) in [6, 6.07) is 7.91. The SMILES string of the molecule is Cn1nc(C(=O)NNC(=O)c2cncn2-c2ccc(F)cc2)ccc1=O. The second kappa shape index (κ2) is 6.97. The van der Waals surface area contributed by atoms with Gasteiger partial charge in [0.1, 0.15) is 11.5 Å². The van der Waals surface area contributed by atoms with Gasteiger partial charge in [0.15, 0.2) is 5.69 Å². The van der Waals surface area contributed by atoms with Crippen molar-refractivity contribution in [1.82, 2.24) is 30.2 Å². The summed E-state index contributed by atoms with van der Waals surface area (Å²) in [6.45, 7) is 0. The van der Waals surface area contributed by atoms with E-state index in [4.69, 9.17) is 0 Å². The first kappa shape index (κ1) is 17.0. The van der Waals surface area contributed by atoms with Crippen molar-refractivity contribution in [3.8, 4) is 5.69 Å². The molecular formula is C16H13FN6O3. The lowest BCUT2D eigenvalue weighted by Crippen LogP contribution is -2.43. The first-order chi connectivity index (χ1) is 12.5. The molecule has 0 aliphatic carbocycles. The van der Waals surface area contributed by atoms with Gasteiger partial charge in [-0.2, -0.15) is 5.10 Å². The van der Waals surface area contributed by atoms with Crippen LogP contribution >= 0.6 is 0 Å². The summed E-state index contributed by atoms with van der Waals surface area (Å²) in [4.78, 5) is 39.5. The Bertz CT molecular complexity index is 1020. The normalized spacial score (nSPS) is 10.4. The summed E-state index contributed by atoms with van der Waals surface area (Å²) in [5, 5.41) is 3.77. The molecule has 0 radical (unpaired) electrons. The van der Waals surface area contributed by atoms with Crippen molar-refractivity contribution in [3.63, 3.8) is 0 Å². The molecule has 9 nitrogen and oxygen atoms in total. The largest absolute Gasteiger partial charge is 0.295 e. The number of amides is 2. The second-order valence-electron chi connectivity index (χ2n) is 5.21. The predicted octanol–water partition coefficient (Wildman–Crippen LogP) is 0.180. The van der Waals surface area contributed by atoms with E-state index < -0.39 is 17.6 Å². The molecule has 0 spiro atoms. The number of halogens is 1. The smallest absolute Gasteiger partial charge is 0.290 e. The minimum absolute atomic E-state index is 0.0422. The fourth-order valence-corrected chi connectivity index (χ4v) is 2.14. The van der Waals surface area contributed by atoms with E-state index in [-0.39, 0.29) is 16.9 Å². The number of carbonyl (C=O) groups is 2. The van der Waals surface area contributed by atoms with Gasteiger partial charge in [0, 0.05) is 18.8 Å². The standard InChI is InChI=1S/C16H13FN6O3/c1-22-14(24)7-6-12(21-22)15(25)19-20-16(26)13-8-18-9-23(13)11-4-2-10(17)3-5-11/h2-9H,1H3,(H,19,25)(H,20,26). The van der Waals surface area contributed by atoms with Crippen LogP contribution in [0.25, 0.3) is 5.69 Å². The van der Waals surface area contributed by atoms with Crippen LogP contribution in [0.3, 0.4) is 0 Å². The van der Waals surface area contributed by atoms with E-state index in [1.165, 1.54) is 60.5 Å². The average molecular weight is 356 g/mol. The molecule has 0 saturated carbocycles. The van der Waals surface area contributed by atoms with E-state index in [0.717, 1.165) is 4.68 Å². The highest BCUT2D eigenvalue weighted by Crippen LogP contribution is 2.12. The number of benzene rings is 1. The lowest BCUT2D eigenvalue weighted by atomic mass is 10.3. The molecule has 0 unspecified atom stereocenters. The van der Waals surface area contributed by atoms with Gasteiger partial charge in [-0.3, -0.25) is 29.8 Å². The van der Waals surface area contributed by atoms with Crippen LogP contribution in [0.5, 0.6) is 0 Å². The van der Waals surface area contributed by atoms with Gasteiger partial charge in [-0.25, -0.2) is 14.1 Å². The van der Waals surface area contributed by atoms with Crippen molar-refractivity contribution < 1.29 is 14.0 Å². The zero-order valence-electron chi connectivity index (χ0n) is 13.5. The second-order valence-corrected chi connectivity index (χ2v) is 5.21. The number of aryl methyl sites for hydroxylation is 1. The fraction of sp³-hybridized carbons (Fsp3) is 0.0625. The summed E-state index contributed by atoms with van der Waals surface area (Å²) >= 11 is 0. The van der Waals surface area contributed by atoms with Crippen LogP contribution in [0.1, 0.15) is 21.0 Å². The van der Waals surface area contributed by atoms with Gasteiger partial charge in [-0.05, 0) is 30.3 Å². The lowest BCUT2D eigenvalue weighted by Gasteiger charge is -2.10. The van der Waals surface area contributed by atoms with Crippen LogP contribution in [-0.4, -0.2) is 31.1 Å². The van der Waals surface area contributed by atoms with Crippen LogP contribution in [0.15, 0.2) is 53.7 Å². The molecule has 0 atom stereocenters. The molecule has 26 heavy (non-hydrogen) atoms. The third-order valence-corrected chi connectivity index (χ3v) is 3.46. The van der Waals surface area contributed by atoms with Gasteiger partial charge in [-0.15, -0.1) is 0 Å². The maximum Gasteiger partial charge on any atom is 0.290 e. The van der Waals surface area contributed by atoms with Gasteiger partial charge < -0.3 is 0 Å². The van der Waals surface area contributed by atoms with Crippen LogP contribution in [-0.2, 0) is 7.05 Å². The van der Waals surface area contributed by atoms with E-state index in [9.17, 15) is 18.8 Å². The number of hydrogen-bond acceptors (Lipinski definition) is 5. The van der Waals surface area contributed by atoms with Gasteiger partial charge >= 0.3 is 0 Å². The zero-order valence-corrected chi connectivity index (χ0v) is 13.5. The number of rotatable bonds is 3. The topological polar surface area (TPSA) is 111 Å². The highest BCUT2D eigenvalue weighted by Gasteiger charge is 2.15. The van der Waals surface area contributed by atoms with Crippen molar-refractivity contribution in [1.29, 1.82) is 0 Å². The Morgan fingerprint density at radius 1 is 1.04 bits per heavy atom. The molecule has 0 saturated heterocycles. The maximum atomic E-state index is 13.0. The maximum absolute atomic E-state index is 13.0. The first-order valence-electron chi connectivity index (χ1n) is 7.39. The molecule has 3 aromatic rings. The molecule has 1 aromatic carbocycles. The van der Waals surface area contributed by atoms with E-state index in [0.29, 0.717) is 5.69 Å². The van der Waals surface area contributed by atoms with Crippen LogP contribution in [0.2, 0.25) is 0 Å². The molecule has 0 fully saturated rings. The number of nitrogens with zero attached hydrogens (tertiary/aromatic N) is 4. The van der Waals surface area contributed by atoms with Crippen LogP contribution in [0, 0.1) is 5.82 Å². The summed E-state index contributed by atoms with van der Waals surface area (Å²) in [5.41, 5.74) is 4.69.